The largest absolute Gasteiger partial charge is 0.421 e. The minimum absolute atomic E-state index is 0.0287. The lowest BCUT2D eigenvalue weighted by Gasteiger charge is -2.15. The number of aryl methyl sites for hydroxylation is 2. The normalized spacial score (nSPS) is 12.2. The summed E-state index contributed by atoms with van der Waals surface area (Å²) in [7, 11) is 0. The van der Waals surface area contributed by atoms with E-state index in [-0.39, 0.29) is 5.91 Å². The fourth-order valence-corrected chi connectivity index (χ4v) is 3.54. The van der Waals surface area contributed by atoms with Crippen LogP contribution in [0, 0.1) is 25.7 Å². The Morgan fingerprint density at radius 2 is 1.69 bits per heavy atom. The minimum Gasteiger partial charge on any atom is -0.421 e. The van der Waals surface area contributed by atoms with Crippen LogP contribution >= 0.6 is 0 Å². The van der Waals surface area contributed by atoms with Gasteiger partial charge in [0.05, 0.1) is 0 Å². The molecular weight excluding hydrogens is 362 g/mol. The highest BCUT2D eigenvalue weighted by Crippen LogP contribution is 2.29. The molecule has 0 spiro atoms. The third kappa shape index (κ3) is 5.31. The van der Waals surface area contributed by atoms with Gasteiger partial charge in [-0.3, -0.25) is 4.79 Å². The lowest BCUT2D eigenvalue weighted by Crippen LogP contribution is -2.28. The van der Waals surface area contributed by atoms with Gasteiger partial charge in [-0.05, 0) is 66.1 Å². The fraction of sp³-hybridized carbons (Fsp3) is 0.375. The number of carbonyl (C=O) groups excluding carboxylic acids is 1. The van der Waals surface area contributed by atoms with Gasteiger partial charge in [0, 0.05) is 24.6 Å². The zero-order chi connectivity index (χ0) is 21.0. The SMILES string of the molecule is Cc1nnc(-c2ccc(C)c(-c3ccc(C(=O)NCC(C)CC(C)C)cc3)c2)o1. The molecule has 0 aliphatic heterocycles. The van der Waals surface area contributed by atoms with Gasteiger partial charge in [0.2, 0.25) is 11.8 Å². The molecule has 0 saturated carbocycles. The van der Waals surface area contributed by atoms with Crippen LogP contribution in [0.2, 0.25) is 0 Å². The minimum atomic E-state index is -0.0287. The number of carbonyl (C=O) groups is 1. The Bertz CT molecular complexity index is 974. The molecule has 5 nitrogen and oxygen atoms in total. The van der Waals surface area contributed by atoms with Crippen molar-refractivity contribution < 1.29 is 9.21 Å². The molecule has 0 saturated heterocycles. The first-order valence-electron chi connectivity index (χ1n) is 10.1. The van der Waals surface area contributed by atoms with Crippen LogP contribution in [-0.2, 0) is 0 Å². The van der Waals surface area contributed by atoms with Crippen molar-refractivity contribution in [2.24, 2.45) is 11.8 Å². The van der Waals surface area contributed by atoms with Crippen molar-refractivity contribution in [2.75, 3.05) is 6.54 Å². The van der Waals surface area contributed by atoms with Crippen molar-refractivity contribution in [1.82, 2.24) is 15.5 Å². The molecule has 0 fully saturated rings. The second kappa shape index (κ2) is 9.03. The predicted octanol–water partition coefficient (Wildman–Crippen LogP) is 5.43. The van der Waals surface area contributed by atoms with Crippen LogP contribution in [0.15, 0.2) is 46.9 Å². The van der Waals surface area contributed by atoms with Gasteiger partial charge in [-0.1, -0.05) is 39.0 Å². The summed E-state index contributed by atoms with van der Waals surface area (Å²) in [6.45, 7) is 11.1. The monoisotopic (exact) mass is 391 g/mol. The first kappa shape index (κ1) is 20.8. The Kier molecular flexibility index (Phi) is 6.47. The Labute approximate surface area is 172 Å². The third-order valence-electron chi connectivity index (χ3n) is 4.95. The Hall–Kier alpha value is -2.95. The van der Waals surface area contributed by atoms with Crippen LogP contribution < -0.4 is 5.32 Å². The van der Waals surface area contributed by atoms with Crippen molar-refractivity contribution in [2.45, 2.75) is 41.0 Å². The lowest BCUT2D eigenvalue weighted by atomic mass is 9.97. The van der Waals surface area contributed by atoms with E-state index in [1.807, 2.05) is 42.5 Å². The smallest absolute Gasteiger partial charge is 0.251 e. The van der Waals surface area contributed by atoms with E-state index in [4.69, 9.17) is 4.42 Å². The topological polar surface area (TPSA) is 68.0 Å². The van der Waals surface area contributed by atoms with Crippen LogP contribution in [0.4, 0.5) is 0 Å². The van der Waals surface area contributed by atoms with Crippen molar-refractivity contribution in [3.05, 3.63) is 59.5 Å². The molecule has 0 bridgehead atoms. The van der Waals surface area contributed by atoms with Gasteiger partial charge < -0.3 is 9.73 Å². The van der Waals surface area contributed by atoms with Crippen molar-refractivity contribution in [1.29, 1.82) is 0 Å². The molecule has 3 aromatic rings. The van der Waals surface area contributed by atoms with Gasteiger partial charge in [0.15, 0.2) is 0 Å². The van der Waals surface area contributed by atoms with Crippen molar-refractivity contribution in [3.8, 4) is 22.6 Å². The number of hydrogen-bond acceptors (Lipinski definition) is 4. The summed E-state index contributed by atoms with van der Waals surface area (Å²) in [6.07, 6.45) is 1.11. The average Bonchev–Trinajstić information content (AvgIpc) is 3.12. The van der Waals surface area contributed by atoms with Gasteiger partial charge in [0.25, 0.3) is 5.91 Å². The van der Waals surface area contributed by atoms with Crippen molar-refractivity contribution in [3.63, 3.8) is 0 Å². The summed E-state index contributed by atoms with van der Waals surface area (Å²) in [5.74, 6) is 2.13. The quantitative estimate of drug-likeness (QED) is 0.583. The average molecular weight is 392 g/mol. The van der Waals surface area contributed by atoms with Gasteiger partial charge in [-0.2, -0.15) is 0 Å². The molecule has 1 N–H and O–H groups in total. The highest BCUT2D eigenvalue weighted by atomic mass is 16.4. The summed E-state index contributed by atoms with van der Waals surface area (Å²) in [5.41, 5.74) is 4.82. The van der Waals surface area contributed by atoms with Gasteiger partial charge in [-0.15, -0.1) is 10.2 Å². The fourth-order valence-electron chi connectivity index (χ4n) is 3.54. The molecule has 29 heavy (non-hydrogen) atoms. The van der Waals surface area contributed by atoms with Gasteiger partial charge >= 0.3 is 0 Å². The second-order valence-electron chi connectivity index (χ2n) is 8.18. The number of benzene rings is 2. The molecule has 2 aromatic carbocycles. The van der Waals surface area contributed by atoms with Crippen LogP contribution in [0.5, 0.6) is 0 Å². The summed E-state index contributed by atoms with van der Waals surface area (Å²) in [6, 6.07) is 13.8. The Morgan fingerprint density at radius 1 is 1.00 bits per heavy atom. The van der Waals surface area contributed by atoms with E-state index in [1.54, 1.807) is 6.92 Å². The van der Waals surface area contributed by atoms with Crippen LogP contribution in [-0.4, -0.2) is 22.6 Å². The number of nitrogens with zero attached hydrogens (tertiary/aromatic N) is 2. The first-order chi connectivity index (χ1) is 13.8. The lowest BCUT2D eigenvalue weighted by molar-refractivity contribution is 0.0946. The van der Waals surface area contributed by atoms with E-state index >= 15 is 0 Å². The molecule has 1 unspecified atom stereocenters. The molecule has 0 aliphatic carbocycles. The summed E-state index contributed by atoms with van der Waals surface area (Å²) >= 11 is 0. The van der Waals surface area contributed by atoms with Crippen molar-refractivity contribution >= 4 is 5.91 Å². The standard InChI is InChI=1S/C24H29N3O2/c1-15(2)12-16(3)14-25-23(28)20-10-8-19(9-11-20)22-13-21(7-6-17(22)4)24-27-26-18(5)29-24/h6-11,13,15-16H,12,14H2,1-5H3,(H,25,28). The molecular formula is C24H29N3O2. The second-order valence-corrected chi connectivity index (χ2v) is 8.18. The van der Waals surface area contributed by atoms with E-state index in [0.29, 0.717) is 35.7 Å². The van der Waals surface area contributed by atoms with E-state index in [2.05, 4.69) is 43.2 Å². The van der Waals surface area contributed by atoms with Crippen LogP contribution in [0.25, 0.3) is 22.6 Å². The number of hydrogen-bond donors (Lipinski definition) is 1. The summed E-state index contributed by atoms with van der Waals surface area (Å²) < 4.78 is 5.55. The number of nitrogens with one attached hydrogen (secondary N) is 1. The molecule has 5 heteroatoms. The first-order valence-corrected chi connectivity index (χ1v) is 10.1. The zero-order valence-electron chi connectivity index (χ0n) is 17.8. The predicted molar refractivity (Wildman–Crippen MR) is 116 cm³/mol. The maximum absolute atomic E-state index is 12.5. The molecule has 152 valence electrons. The molecule has 1 heterocycles. The zero-order valence-corrected chi connectivity index (χ0v) is 17.8. The van der Waals surface area contributed by atoms with E-state index in [9.17, 15) is 4.79 Å². The number of aromatic nitrogens is 2. The van der Waals surface area contributed by atoms with E-state index in [1.165, 1.54) is 0 Å². The van der Waals surface area contributed by atoms with Gasteiger partial charge in [0.1, 0.15) is 0 Å². The van der Waals surface area contributed by atoms with E-state index < -0.39 is 0 Å². The Morgan fingerprint density at radius 3 is 2.31 bits per heavy atom. The molecule has 1 amide bonds. The number of rotatable bonds is 7. The van der Waals surface area contributed by atoms with Crippen LogP contribution in [0.3, 0.4) is 0 Å². The molecule has 1 atom stereocenters. The van der Waals surface area contributed by atoms with Gasteiger partial charge in [-0.25, -0.2) is 0 Å². The molecule has 0 aliphatic rings. The molecule has 1 aromatic heterocycles. The summed E-state index contributed by atoms with van der Waals surface area (Å²) in [5, 5.41) is 11.0. The Balaban J connectivity index is 1.74. The summed E-state index contributed by atoms with van der Waals surface area (Å²) in [4.78, 5) is 12.5. The highest BCUT2D eigenvalue weighted by molar-refractivity contribution is 5.94. The maximum Gasteiger partial charge on any atom is 0.251 e. The molecule has 0 radical (unpaired) electrons. The molecule has 3 rings (SSSR count). The maximum atomic E-state index is 12.5. The third-order valence-corrected chi connectivity index (χ3v) is 4.95. The van der Waals surface area contributed by atoms with E-state index in [0.717, 1.165) is 28.7 Å². The highest BCUT2D eigenvalue weighted by Gasteiger charge is 2.12. The number of amides is 1. The van der Waals surface area contributed by atoms with Crippen LogP contribution in [0.1, 0.15) is 49.0 Å².